The molecule has 1 aliphatic heterocycles. The summed E-state index contributed by atoms with van der Waals surface area (Å²) in [4.78, 5) is 13.1. The standard InChI is InChI=1S/C17H31O4P/c1-7-9-10-13-19-14-12-15(11-8-2)22(18)20-16(3,4)17(5,6)21-22/h7,12H,1,8-11,13-14H2,2-6H3/b15-12+. The topological polar surface area (TPSA) is 50.8 Å². The van der Waals surface area contributed by atoms with Gasteiger partial charge in [0.1, 0.15) is 16.5 Å². The van der Waals surface area contributed by atoms with Crippen molar-refractivity contribution in [2.45, 2.75) is 71.5 Å². The summed E-state index contributed by atoms with van der Waals surface area (Å²) < 4.78 is 17.3. The van der Waals surface area contributed by atoms with Crippen LogP contribution in [0.15, 0.2) is 24.0 Å². The fourth-order valence-corrected chi connectivity index (χ4v) is 4.84. The SMILES string of the molecule is C=CCCCOC/C=C(\CCC)[P+]1([O-])OC(C)(C)C(C)(C)O1. The van der Waals surface area contributed by atoms with E-state index >= 15 is 0 Å². The molecule has 0 spiro atoms. The zero-order valence-electron chi connectivity index (χ0n) is 14.7. The van der Waals surface area contributed by atoms with Crippen molar-refractivity contribution in [3.05, 3.63) is 24.0 Å². The quantitative estimate of drug-likeness (QED) is 0.358. The van der Waals surface area contributed by atoms with Crippen LogP contribution in [0.4, 0.5) is 0 Å². The Balaban J connectivity index is 2.72. The van der Waals surface area contributed by atoms with Crippen LogP contribution in [-0.4, -0.2) is 24.4 Å². The summed E-state index contributed by atoms with van der Waals surface area (Å²) in [6, 6.07) is 0. The van der Waals surface area contributed by atoms with Crippen LogP contribution in [0.3, 0.4) is 0 Å². The number of hydrogen-bond acceptors (Lipinski definition) is 4. The lowest BCUT2D eigenvalue weighted by Gasteiger charge is -2.25. The molecule has 0 unspecified atom stereocenters. The fourth-order valence-electron chi connectivity index (χ4n) is 2.13. The molecule has 0 aromatic carbocycles. The average Bonchev–Trinajstić information content (AvgIpc) is 2.56. The predicted octanol–water partition coefficient (Wildman–Crippen LogP) is 4.38. The molecule has 1 fully saturated rings. The van der Waals surface area contributed by atoms with Crippen LogP contribution in [0.1, 0.15) is 60.3 Å². The molecule has 0 atom stereocenters. The molecule has 0 N–H and O–H groups in total. The van der Waals surface area contributed by atoms with Crippen LogP contribution in [0.2, 0.25) is 0 Å². The number of rotatable bonds is 9. The van der Waals surface area contributed by atoms with E-state index in [1.54, 1.807) is 0 Å². The van der Waals surface area contributed by atoms with Crippen molar-refractivity contribution in [3.63, 3.8) is 0 Å². The maximum Gasteiger partial charge on any atom is 0.268 e. The minimum absolute atomic E-state index is 0.435. The summed E-state index contributed by atoms with van der Waals surface area (Å²) in [5.41, 5.74) is -1.17. The summed E-state index contributed by atoms with van der Waals surface area (Å²) in [6.45, 7) is 14.5. The molecule has 1 saturated heterocycles. The summed E-state index contributed by atoms with van der Waals surface area (Å²) in [6.07, 6.45) is 7.23. The van der Waals surface area contributed by atoms with E-state index in [9.17, 15) is 4.89 Å². The Morgan fingerprint density at radius 3 is 2.32 bits per heavy atom. The number of hydrogen-bond donors (Lipinski definition) is 0. The molecule has 22 heavy (non-hydrogen) atoms. The third-order valence-corrected chi connectivity index (χ3v) is 6.64. The van der Waals surface area contributed by atoms with E-state index in [1.165, 1.54) is 0 Å². The van der Waals surface area contributed by atoms with Crippen molar-refractivity contribution in [2.24, 2.45) is 0 Å². The van der Waals surface area contributed by atoms with Gasteiger partial charge < -0.3 is 9.63 Å². The van der Waals surface area contributed by atoms with Crippen LogP contribution in [0, 0.1) is 0 Å². The first kappa shape index (κ1) is 19.8. The zero-order valence-corrected chi connectivity index (χ0v) is 15.6. The van der Waals surface area contributed by atoms with Gasteiger partial charge in [0.25, 0.3) is 7.94 Å². The second-order valence-electron chi connectivity index (χ2n) is 6.65. The summed E-state index contributed by atoms with van der Waals surface area (Å²) in [7, 11) is -3.24. The average molecular weight is 330 g/mol. The Labute approximate surface area is 136 Å². The molecule has 4 nitrogen and oxygen atoms in total. The normalized spacial score (nSPS) is 22.7. The lowest BCUT2D eigenvalue weighted by atomic mass is 9.90. The van der Waals surface area contributed by atoms with Gasteiger partial charge >= 0.3 is 0 Å². The molecule has 5 heteroatoms. The van der Waals surface area contributed by atoms with Gasteiger partial charge in [-0.2, -0.15) is 9.05 Å². The molecule has 0 aromatic rings. The van der Waals surface area contributed by atoms with Crippen molar-refractivity contribution in [1.29, 1.82) is 0 Å². The van der Waals surface area contributed by atoms with Crippen molar-refractivity contribution in [3.8, 4) is 0 Å². The molecule has 0 radical (unpaired) electrons. The van der Waals surface area contributed by atoms with E-state index in [-0.39, 0.29) is 0 Å². The maximum absolute atomic E-state index is 13.1. The minimum Gasteiger partial charge on any atom is -0.627 e. The molecule has 0 aliphatic carbocycles. The first-order valence-corrected chi connectivity index (χ1v) is 9.62. The van der Waals surface area contributed by atoms with E-state index in [0.29, 0.717) is 19.6 Å². The summed E-state index contributed by atoms with van der Waals surface area (Å²) in [5.74, 6) is 0. The van der Waals surface area contributed by atoms with Gasteiger partial charge in [0.15, 0.2) is 0 Å². The molecule has 1 rings (SSSR count). The Morgan fingerprint density at radius 1 is 1.23 bits per heavy atom. The molecule has 1 heterocycles. The second-order valence-corrected chi connectivity index (χ2v) is 8.59. The van der Waals surface area contributed by atoms with E-state index in [2.05, 4.69) is 13.5 Å². The molecular weight excluding hydrogens is 299 g/mol. The van der Waals surface area contributed by atoms with Crippen molar-refractivity contribution in [2.75, 3.05) is 13.2 Å². The molecule has 0 amide bonds. The van der Waals surface area contributed by atoms with Gasteiger partial charge in [0.05, 0.1) is 6.61 Å². The van der Waals surface area contributed by atoms with Gasteiger partial charge in [0, 0.05) is 13.0 Å². The van der Waals surface area contributed by atoms with Gasteiger partial charge in [-0.15, -0.1) is 6.58 Å². The number of ether oxygens (including phenoxy) is 1. The second kappa shape index (κ2) is 8.03. The third kappa shape index (κ3) is 4.87. The van der Waals surface area contributed by atoms with E-state index in [4.69, 9.17) is 13.8 Å². The lowest BCUT2D eigenvalue weighted by molar-refractivity contribution is -0.209. The highest BCUT2D eigenvalue weighted by atomic mass is 31.2. The molecular formula is C17H31O4P. The zero-order chi connectivity index (χ0) is 16.9. The van der Waals surface area contributed by atoms with Crippen LogP contribution in [-0.2, 0) is 13.8 Å². The van der Waals surface area contributed by atoms with Crippen LogP contribution < -0.4 is 4.89 Å². The van der Waals surface area contributed by atoms with Crippen molar-refractivity contribution in [1.82, 2.24) is 0 Å². The molecule has 0 bridgehead atoms. The number of allylic oxidation sites excluding steroid dienone is 2. The third-order valence-electron chi connectivity index (χ3n) is 4.14. The Hall–Kier alpha value is -0.250. The largest absolute Gasteiger partial charge is 0.627 e. The Bertz CT molecular complexity index is 385. The first-order chi connectivity index (χ1) is 10.2. The van der Waals surface area contributed by atoms with Gasteiger partial charge in [-0.1, -0.05) is 13.0 Å². The van der Waals surface area contributed by atoms with E-state index in [0.717, 1.165) is 24.6 Å². The van der Waals surface area contributed by atoms with E-state index < -0.39 is 19.1 Å². The molecule has 0 aromatic heterocycles. The monoisotopic (exact) mass is 330 g/mol. The first-order valence-electron chi connectivity index (χ1n) is 8.08. The molecule has 0 saturated carbocycles. The summed E-state index contributed by atoms with van der Waals surface area (Å²) >= 11 is 0. The predicted molar refractivity (Wildman–Crippen MR) is 90.5 cm³/mol. The van der Waals surface area contributed by atoms with Crippen molar-refractivity contribution >= 4 is 7.94 Å². The van der Waals surface area contributed by atoms with E-state index in [1.807, 2.05) is 39.8 Å². The van der Waals surface area contributed by atoms with Crippen LogP contribution >= 0.6 is 7.94 Å². The van der Waals surface area contributed by atoms with Gasteiger partial charge in [0.2, 0.25) is 0 Å². The highest BCUT2D eigenvalue weighted by Gasteiger charge is 2.61. The summed E-state index contributed by atoms with van der Waals surface area (Å²) in [5, 5.41) is 0.734. The number of unbranched alkanes of at least 4 members (excludes halogenated alkanes) is 1. The maximum atomic E-state index is 13.1. The van der Waals surface area contributed by atoms with Crippen molar-refractivity contribution < 1.29 is 18.7 Å². The molecule has 128 valence electrons. The van der Waals surface area contributed by atoms with Gasteiger partial charge in [-0.3, -0.25) is 0 Å². The van der Waals surface area contributed by atoms with Gasteiger partial charge in [-0.25, -0.2) is 0 Å². The highest BCUT2D eigenvalue weighted by Crippen LogP contribution is 2.72. The molecule has 1 aliphatic rings. The lowest BCUT2D eigenvalue weighted by Crippen LogP contribution is -2.41. The van der Waals surface area contributed by atoms with Crippen LogP contribution in [0.5, 0.6) is 0 Å². The van der Waals surface area contributed by atoms with Gasteiger partial charge in [-0.05, 0) is 53.0 Å². The Morgan fingerprint density at radius 2 is 1.82 bits per heavy atom. The Kier molecular flexibility index (Phi) is 7.22. The van der Waals surface area contributed by atoms with Crippen LogP contribution in [0.25, 0.3) is 0 Å². The smallest absolute Gasteiger partial charge is 0.268 e. The fraction of sp³-hybridized carbons (Fsp3) is 0.765. The minimum atomic E-state index is -3.24. The highest BCUT2D eigenvalue weighted by molar-refractivity contribution is 7.64.